The van der Waals surface area contributed by atoms with Crippen molar-refractivity contribution >= 4 is 0 Å². The third-order valence-corrected chi connectivity index (χ3v) is 5.04. The summed E-state index contributed by atoms with van der Waals surface area (Å²) >= 11 is 0. The summed E-state index contributed by atoms with van der Waals surface area (Å²) in [7, 11) is 3.51. The number of ether oxygens (including phenoxy) is 1. The quantitative estimate of drug-likeness (QED) is 0.335. The van der Waals surface area contributed by atoms with E-state index >= 15 is 0 Å². The molecule has 0 spiro atoms. The summed E-state index contributed by atoms with van der Waals surface area (Å²) < 4.78 is 10.4. The van der Waals surface area contributed by atoms with Crippen molar-refractivity contribution in [1.82, 2.24) is 29.3 Å². The molecule has 166 valence electrons. The van der Waals surface area contributed by atoms with E-state index in [1.807, 2.05) is 0 Å². The van der Waals surface area contributed by atoms with E-state index in [-0.39, 0.29) is 0 Å². The number of aromatic nitrogens is 6. The highest BCUT2D eigenvalue weighted by atomic mass is 16.5. The van der Waals surface area contributed by atoms with Gasteiger partial charge in [0.15, 0.2) is 11.7 Å². The second-order valence-electron chi connectivity index (χ2n) is 7.47. The highest BCUT2D eigenvalue weighted by Gasteiger charge is 2.53. The van der Waals surface area contributed by atoms with E-state index in [4.69, 9.17) is 4.74 Å². The molecule has 0 saturated carbocycles. The molecule has 32 heavy (non-hydrogen) atoms. The zero-order valence-corrected chi connectivity index (χ0v) is 17.4. The van der Waals surface area contributed by atoms with Gasteiger partial charge in [0.25, 0.3) is 0 Å². The normalized spacial score (nSPS) is 27.3. The first-order valence-electron chi connectivity index (χ1n) is 9.72. The van der Waals surface area contributed by atoms with E-state index in [1.165, 1.54) is 17.1 Å². The molecule has 4 N–H and O–H groups in total. The van der Waals surface area contributed by atoms with Crippen LogP contribution in [0, 0.1) is 23.7 Å². The molecule has 4 heterocycles. The molecule has 1 fully saturated rings. The number of hydrogen-bond acceptors (Lipinski definition) is 8. The van der Waals surface area contributed by atoms with Crippen molar-refractivity contribution < 1.29 is 25.2 Å². The predicted octanol–water partition coefficient (Wildman–Crippen LogP) is -2.04. The molecule has 0 aliphatic carbocycles. The Hall–Kier alpha value is -3.45. The average molecular weight is 438 g/mol. The van der Waals surface area contributed by atoms with Crippen LogP contribution in [0.2, 0.25) is 0 Å². The Kier molecular flexibility index (Phi) is 5.84. The van der Waals surface area contributed by atoms with Gasteiger partial charge in [-0.1, -0.05) is 23.7 Å². The molecular formula is C21H22N6O5. The number of nitrogens with zero attached hydrogens (tertiary/aromatic N) is 6. The lowest BCUT2D eigenvalue weighted by molar-refractivity contribution is -0.239. The maximum Gasteiger partial charge on any atom is 0.191 e. The first-order valence-corrected chi connectivity index (χ1v) is 9.72. The highest BCUT2D eigenvalue weighted by Crippen LogP contribution is 2.30. The van der Waals surface area contributed by atoms with Crippen molar-refractivity contribution in [3.8, 4) is 29.4 Å². The zero-order chi connectivity index (χ0) is 22.9. The molecule has 0 radical (unpaired) electrons. The van der Waals surface area contributed by atoms with Crippen LogP contribution < -0.4 is 0 Å². The van der Waals surface area contributed by atoms with Crippen LogP contribution in [0.1, 0.15) is 11.1 Å². The van der Waals surface area contributed by atoms with Crippen molar-refractivity contribution in [1.29, 1.82) is 0 Å². The van der Waals surface area contributed by atoms with E-state index in [2.05, 4.69) is 39.0 Å². The third-order valence-electron chi connectivity index (χ3n) is 5.04. The Morgan fingerprint density at radius 1 is 1.00 bits per heavy atom. The van der Waals surface area contributed by atoms with Gasteiger partial charge >= 0.3 is 0 Å². The van der Waals surface area contributed by atoms with Crippen LogP contribution in [0.3, 0.4) is 0 Å². The summed E-state index contributed by atoms with van der Waals surface area (Å²) in [6.07, 6.45) is 4.01. The van der Waals surface area contributed by atoms with Gasteiger partial charge in [-0.3, -0.25) is 9.36 Å². The lowest BCUT2D eigenvalue weighted by atomic mass is 9.82. The summed E-state index contributed by atoms with van der Waals surface area (Å²) in [6, 6.07) is 0. The number of aliphatic hydroxyl groups is 4. The fourth-order valence-electron chi connectivity index (χ4n) is 3.27. The average Bonchev–Trinajstić information content (AvgIpc) is 3.51. The molecule has 3 aromatic heterocycles. The van der Waals surface area contributed by atoms with E-state index in [0.29, 0.717) is 11.1 Å². The Morgan fingerprint density at radius 3 is 2.34 bits per heavy atom. The lowest BCUT2D eigenvalue weighted by Gasteiger charge is -2.43. The number of aliphatic hydroxyl groups excluding tert-OH is 3. The largest absolute Gasteiger partial charge is 0.394 e. The Bertz CT molecular complexity index is 1220. The summed E-state index contributed by atoms with van der Waals surface area (Å²) in [4.78, 5) is 0. The van der Waals surface area contributed by atoms with Crippen molar-refractivity contribution in [2.45, 2.75) is 30.0 Å². The minimum atomic E-state index is -2.22. The predicted molar refractivity (Wildman–Crippen MR) is 110 cm³/mol. The molecule has 0 aromatic carbocycles. The lowest BCUT2D eigenvalue weighted by Crippen LogP contribution is -2.65. The summed E-state index contributed by atoms with van der Waals surface area (Å²) in [5.74, 6) is 10.9. The molecule has 1 saturated heterocycles. The molecule has 0 bridgehead atoms. The minimum Gasteiger partial charge on any atom is -0.394 e. The van der Waals surface area contributed by atoms with E-state index in [9.17, 15) is 20.4 Å². The molecule has 0 unspecified atom stereocenters. The monoisotopic (exact) mass is 438 g/mol. The van der Waals surface area contributed by atoms with Crippen LogP contribution in [0.5, 0.6) is 0 Å². The Morgan fingerprint density at radius 2 is 1.69 bits per heavy atom. The molecule has 1 aliphatic heterocycles. The van der Waals surface area contributed by atoms with Crippen molar-refractivity contribution in [2.24, 2.45) is 14.1 Å². The van der Waals surface area contributed by atoms with Crippen LogP contribution in [-0.4, -0.2) is 86.4 Å². The SMILES string of the molecule is Cn1cc(C#C[C@@]2(O)[C@@H](C#Cc3cnn(-c4cnn(C)c4)c3)O[C@H](CO)[C@@H](O)[C@@H]2O)cn1. The first kappa shape index (κ1) is 21.8. The molecule has 11 heteroatoms. The molecule has 0 amide bonds. The van der Waals surface area contributed by atoms with Crippen molar-refractivity contribution in [3.63, 3.8) is 0 Å². The van der Waals surface area contributed by atoms with Gasteiger partial charge in [0.05, 0.1) is 42.5 Å². The van der Waals surface area contributed by atoms with Crippen LogP contribution in [0.15, 0.2) is 37.2 Å². The topological polar surface area (TPSA) is 144 Å². The Balaban J connectivity index is 1.65. The number of aryl methyl sites for hydroxylation is 2. The maximum absolute atomic E-state index is 11.2. The van der Waals surface area contributed by atoms with Crippen molar-refractivity contribution in [3.05, 3.63) is 48.3 Å². The van der Waals surface area contributed by atoms with Gasteiger partial charge in [-0.15, -0.1) is 0 Å². The highest BCUT2D eigenvalue weighted by molar-refractivity contribution is 5.40. The summed E-state index contributed by atoms with van der Waals surface area (Å²) in [5.41, 5.74) is -0.461. The molecule has 11 nitrogen and oxygen atoms in total. The smallest absolute Gasteiger partial charge is 0.191 e. The molecule has 4 rings (SSSR count). The van der Waals surface area contributed by atoms with Gasteiger partial charge in [0.1, 0.15) is 24.0 Å². The van der Waals surface area contributed by atoms with Crippen LogP contribution in [-0.2, 0) is 18.8 Å². The van der Waals surface area contributed by atoms with Crippen LogP contribution in [0.25, 0.3) is 5.69 Å². The second kappa shape index (κ2) is 8.59. The van der Waals surface area contributed by atoms with Crippen LogP contribution in [0.4, 0.5) is 0 Å². The number of hydrogen-bond donors (Lipinski definition) is 4. The molecule has 1 aliphatic rings. The molecular weight excluding hydrogens is 416 g/mol. The number of rotatable bonds is 2. The molecule has 5 atom stereocenters. The summed E-state index contributed by atoms with van der Waals surface area (Å²) in [6.45, 7) is -0.568. The first-order chi connectivity index (χ1) is 15.3. The fourth-order valence-corrected chi connectivity index (χ4v) is 3.27. The van der Waals surface area contributed by atoms with Gasteiger partial charge < -0.3 is 25.2 Å². The van der Waals surface area contributed by atoms with Gasteiger partial charge in [-0.25, -0.2) is 4.68 Å². The fraction of sp³-hybridized carbons (Fsp3) is 0.381. The molecule has 3 aromatic rings. The summed E-state index contributed by atoms with van der Waals surface area (Å²) in [5, 5.41) is 53.8. The van der Waals surface area contributed by atoms with Gasteiger partial charge in [-0.05, 0) is 0 Å². The van der Waals surface area contributed by atoms with E-state index in [1.54, 1.807) is 48.2 Å². The second-order valence-corrected chi connectivity index (χ2v) is 7.47. The Labute approximate surface area is 183 Å². The van der Waals surface area contributed by atoms with Crippen molar-refractivity contribution in [2.75, 3.05) is 6.61 Å². The maximum atomic E-state index is 11.2. The third kappa shape index (κ3) is 4.16. The van der Waals surface area contributed by atoms with Crippen LogP contribution >= 0.6 is 0 Å². The minimum absolute atomic E-state index is 0.497. The van der Waals surface area contributed by atoms with E-state index < -0.39 is 36.6 Å². The van der Waals surface area contributed by atoms with Gasteiger partial charge in [-0.2, -0.15) is 15.3 Å². The standard InChI is InChI=1S/C21H22N6O5/c1-25-10-15(7-22-25)5-6-21(31)18(32-17(13-28)19(29)20(21)30)4-3-14-8-24-27(11-14)16-9-23-26(2)12-16/h7-12,17-20,28-31H,13H2,1-2H3/t17-,18-,19-,20+,21-/m1/s1. The zero-order valence-electron chi connectivity index (χ0n) is 17.4. The van der Waals surface area contributed by atoms with Gasteiger partial charge in [0, 0.05) is 26.5 Å². The van der Waals surface area contributed by atoms with Gasteiger partial charge in [0.2, 0.25) is 0 Å². The van der Waals surface area contributed by atoms with E-state index in [0.717, 1.165) is 5.69 Å².